The fraction of sp³-hybridized carbons (Fsp3) is 0.214. The molecule has 0 bridgehead atoms. The van der Waals surface area contributed by atoms with Gasteiger partial charge in [-0.2, -0.15) is 0 Å². The van der Waals surface area contributed by atoms with Gasteiger partial charge in [0.1, 0.15) is 5.82 Å². The van der Waals surface area contributed by atoms with E-state index in [1.54, 1.807) is 0 Å². The van der Waals surface area contributed by atoms with Crippen LogP contribution in [0.3, 0.4) is 0 Å². The van der Waals surface area contributed by atoms with E-state index < -0.39 is 0 Å². The summed E-state index contributed by atoms with van der Waals surface area (Å²) in [5.74, 6) is 2.03. The minimum atomic E-state index is -0.302. The van der Waals surface area contributed by atoms with Gasteiger partial charge in [0.25, 0.3) is 0 Å². The Hall–Kier alpha value is -4.26. The van der Waals surface area contributed by atoms with Crippen LogP contribution in [0, 0.1) is 6.92 Å². The Morgan fingerprint density at radius 1 is 0.743 bits per heavy atom. The fourth-order valence-electron chi connectivity index (χ4n) is 4.41. The van der Waals surface area contributed by atoms with Crippen molar-refractivity contribution in [2.75, 3.05) is 36.4 Å². The first-order valence-corrected chi connectivity index (χ1v) is 11.9. The summed E-state index contributed by atoms with van der Waals surface area (Å²) >= 11 is 0. The molecule has 0 aliphatic carbocycles. The summed E-state index contributed by atoms with van der Waals surface area (Å²) in [5, 5.41) is 11.9. The third-order valence-electron chi connectivity index (χ3n) is 6.22. The number of hydrogen-bond acceptors (Lipinski definition) is 6. The molecule has 0 saturated carbocycles. The van der Waals surface area contributed by atoms with E-state index in [-0.39, 0.29) is 11.8 Å². The third kappa shape index (κ3) is 5.30. The summed E-state index contributed by atoms with van der Waals surface area (Å²) in [6.07, 6.45) is 0. The lowest BCUT2D eigenvalue weighted by molar-refractivity contribution is -0.132. The van der Waals surface area contributed by atoms with Crippen LogP contribution in [0.2, 0.25) is 0 Å². The first kappa shape index (κ1) is 22.5. The van der Waals surface area contributed by atoms with Crippen LogP contribution in [0.1, 0.15) is 22.7 Å². The molecule has 1 saturated heterocycles. The van der Waals surface area contributed by atoms with Crippen molar-refractivity contribution in [2.24, 2.45) is 0 Å². The smallest absolute Gasteiger partial charge is 0.234 e. The summed E-state index contributed by atoms with van der Waals surface area (Å²) in [7, 11) is 0. The van der Waals surface area contributed by atoms with Gasteiger partial charge in [-0.15, -0.1) is 10.2 Å². The van der Waals surface area contributed by atoms with Gasteiger partial charge in [0.2, 0.25) is 5.91 Å². The topological polar surface area (TPSA) is 74.2 Å². The Morgan fingerprint density at radius 3 is 1.97 bits per heavy atom. The van der Waals surface area contributed by atoms with E-state index in [9.17, 15) is 4.79 Å². The molecule has 1 aliphatic heterocycles. The zero-order valence-electron chi connectivity index (χ0n) is 19.7. The van der Waals surface area contributed by atoms with Gasteiger partial charge in [-0.25, -0.2) is 4.98 Å². The molecule has 0 unspecified atom stereocenters. The zero-order chi connectivity index (χ0) is 24.0. The Kier molecular flexibility index (Phi) is 6.66. The highest BCUT2D eigenvalue weighted by Gasteiger charge is 2.30. The van der Waals surface area contributed by atoms with E-state index in [1.165, 1.54) is 0 Å². The minimum absolute atomic E-state index is 0.137. The molecule has 3 heterocycles. The number of aromatic nitrogens is 3. The van der Waals surface area contributed by atoms with Gasteiger partial charge in [0.15, 0.2) is 11.6 Å². The number of carbonyl (C=O) groups excluding carboxylic acids is 1. The number of pyridine rings is 1. The molecule has 5 rings (SSSR count). The van der Waals surface area contributed by atoms with Gasteiger partial charge < -0.3 is 15.1 Å². The molecule has 2 aromatic carbocycles. The Labute approximate surface area is 205 Å². The maximum Gasteiger partial charge on any atom is 0.234 e. The van der Waals surface area contributed by atoms with Crippen molar-refractivity contribution in [1.82, 2.24) is 20.1 Å². The number of anilines is 3. The molecule has 0 radical (unpaired) electrons. The number of carbonyl (C=O) groups is 1. The number of nitrogens with zero attached hydrogens (tertiary/aromatic N) is 5. The van der Waals surface area contributed by atoms with E-state index in [0.29, 0.717) is 32.0 Å². The average molecular weight is 465 g/mol. The molecule has 0 spiro atoms. The lowest BCUT2D eigenvalue weighted by Gasteiger charge is -2.37. The molecule has 1 fully saturated rings. The molecule has 35 heavy (non-hydrogen) atoms. The van der Waals surface area contributed by atoms with Crippen LogP contribution in [-0.4, -0.2) is 52.2 Å². The Balaban J connectivity index is 1.24. The second-order valence-electron chi connectivity index (χ2n) is 8.63. The van der Waals surface area contributed by atoms with E-state index in [4.69, 9.17) is 0 Å². The summed E-state index contributed by atoms with van der Waals surface area (Å²) in [4.78, 5) is 22.2. The van der Waals surface area contributed by atoms with Gasteiger partial charge in [0, 0.05) is 31.9 Å². The third-order valence-corrected chi connectivity index (χ3v) is 6.22. The molecule has 1 aliphatic rings. The molecule has 7 heteroatoms. The normalized spacial score (nSPS) is 13.7. The quantitative estimate of drug-likeness (QED) is 0.456. The van der Waals surface area contributed by atoms with E-state index in [1.807, 2.05) is 103 Å². The minimum Gasteiger partial charge on any atom is -0.352 e. The highest BCUT2D eigenvalue weighted by molar-refractivity contribution is 5.87. The van der Waals surface area contributed by atoms with Crippen molar-refractivity contribution in [2.45, 2.75) is 12.8 Å². The number of piperazine rings is 1. The van der Waals surface area contributed by atoms with Gasteiger partial charge in [-0.1, -0.05) is 66.7 Å². The number of rotatable bonds is 6. The lowest BCUT2D eigenvalue weighted by atomic mass is 9.90. The molecule has 2 aromatic heterocycles. The van der Waals surface area contributed by atoms with Crippen LogP contribution in [0.25, 0.3) is 0 Å². The predicted octanol–water partition coefficient (Wildman–Crippen LogP) is 4.40. The molecular weight excluding hydrogens is 436 g/mol. The van der Waals surface area contributed by atoms with Crippen molar-refractivity contribution < 1.29 is 4.79 Å². The van der Waals surface area contributed by atoms with Crippen LogP contribution >= 0.6 is 0 Å². The zero-order valence-corrected chi connectivity index (χ0v) is 19.7. The van der Waals surface area contributed by atoms with Gasteiger partial charge in [-0.05, 0) is 42.3 Å². The standard InChI is InChI=1S/C28H28N6O/c1-21-9-8-14-24(29-21)30-25-15-16-26(32-31-25)33-17-19-34(20-18-33)28(35)27(22-10-4-2-5-11-22)23-12-6-3-7-13-23/h2-16,27H,17-20H2,1H3,(H,29,30,31). The summed E-state index contributed by atoms with van der Waals surface area (Å²) in [6, 6.07) is 29.7. The number of amides is 1. The molecule has 7 nitrogen and oxygen atoms in total. The number of hydrogen-bond donors (Lipinski definition) is 1. The highest BCUT2D eigenvalue weighted by atomic mass is 16.2. The summed E-state index contributed by atoms with van der Waals surface area (Å²) in [6.45, 7) is 4.66. The van der Waals surface area contributed by atoms with Crippen molar-refractivity contribution in [3.63, 3.8) is 0 Å². The van der Waals surface area contributed by atoms with Gasteiger partial charge in [0.05, 0.1) is 5.92 Å². The summed E-state index contributed by atoms with van der Waals surface area (Å²) < 4.78 is 0. The molecule has 176 valence electrons. The molecule has 0 atom stereocenters. The summed E-state index contributed by atoms with van der Waals surface area (Å²) in [5.41, 5.74) is 2.97. The van der Waals surface area contributed by atoms with E-state index in [0.717, 1.165) is 28.5 Å². The average Bonchev–Trinajstić information content (AvgIpc) is 2.91. The Bertz CT molecular complexity index is 1220. The van der Waals surface area contributed by atoms with Crippen molar-refractivity contribution in [3.8, 4) is 0 Å². The van der Waals surface area contributed by atoms with Gasteiger partial charge in [-0.3, -0.25) is 4.79 Å². The number of aryl methyl sites for hydroxylation is 1. The molecular formula is C28H28N6O. The van der Waals surface area contributed by atoms with Crippen LogP contribution in [0.4, 0.5) is 17.5 Å². The van der Waals surface area contributed by atoms with Crippen molar-refractivity contribution in [3.05, 3.63) is 108 Å². The van der Waals surface area contributed by atoms with Crippen LogP contribution in [-0.2, 0) is 4.79 Å². The maximum atomic E-state index is 13.6. The maximum absolute atomic E-state index is 13.6. The largest absolute Gasteiger partial charge is 0.352 e. The lowest BCUT2D eigenvalue weighted by Crippen LogP contribution is -2.50. The second kappa shape index (κ2) is 10.3. The highest BCUT2D eigenvalue weighted by Crippen LogP contribution is 2.28. The SMILES string of the molecule is Cc1cccc(Nc2ccc(N3CCN(C(=O)C(c4ccccc4)c4ccccc4)CC3)nn2)n1. The predicted molar refractivity (Wildman–Crippen MR) is 138 cm³/mol. The second-order valence-corrected chi connectivity index (χ2v) is 8.63. The monoisotopic (exact) mass is 464 g/mol. The first-order chi connectivity index (χ1) is 17.2. The number of nitrogens with one attached hydrogen (secondary N) is 1. The van der Waals surface area contributed by atoms with Crippen LogP contribution in [0.15, 0.2) is 91.0 Å². The molecule has 1 amide bonds. The van der Waals surface area contributed by atoms with E-state index in [2.05, 4.69) is 25.4 Å². The van der Waals surface area contributed by atoms with Crippen LogP contribution in [0.5, 0.6) is 0 Å². The van der Waals surface area contributed by atoms with Crippen molar-refractivity contribution in [1.29, 1.82) is 0 Å². The van der Waals surface area contributed by atoms with Crippen LogP contribution < -0.4 is 10.2 Å². The van der Waals surface area contributed by atoms with Gasteiger partial charge >= 0.3 is 0 Å². The fourth-order valence-corrected chi connectivity index (χ4v) is 4.41. The Morgan fingerprint density at radius 2 is 1.40 bits per heavy atom. The van der Waals surface area contributed by atoms with Crippen molar-refractivity contribution >= 4 is 23.4 Å². The molecule has 1 N–H and O–H groups in total. The first-order valence-electron chi connectivity index (χ1n) is 11.9. The van der Waals surface area contributed by atoms with E-state index >= 15 is 0 Å². The number of benzene rings is 2. The molecule has 4 aromatic rings.